The summed E-state index contributed by atoms with van der Waals surface area (Å²) < 4.78 is 54.5. The summed E-state index contributed by atoms with van der Waals surface area (Å²) in [7, 11) is 0. The molecule has 2 nitrogen and oxygen atoms in total. The van der Waals surface area contributed by atoms with E-state index in [0.29, 0.717) is 5.56 Å². The van der Waals surface area contributed by atoms with Gasteiger partial charge >= 0.3 is 6.18 Å². The molecule has 0 saturated carbocycles. The predicted molar refractivity (Wildman–Crippen MR) is 55.1 cm³/mol. The van der Waals surface area contributed by atoms with Crippen molar-refractivity contribution in [2.45, 2.75) is 32.2 Å². The third kappa shape index (κ3) is 3.59. The first kappa shape index (κ1) is 13.8. The summed E-state index contributed by atoms with van der Waals surface area (Å²) in [5.41, 5.74) is 6.01. The second-order valence-electron chi connectivity index (χ2n) is 3.78. The van der Waals surface area contributed by atoms with Crippen LogP contribution in [0.15, 0.2) is 18.2 Å². The van der Waals surface area contributed by atoms with E-state index >= 15 is 0 Å². The maximum atomic E-state index is 13.4. The highest BCUT2D eigenvalue weighted by Gasteiger charge is 2.38. The lowest BCUT2D eigenvalue weighted by Gasteiger charge is -2.18. The number of hydrogen-bond acceptors (Lipinski definition) is 2. The van der Waals surface area contributed by atoms with Crippen molar-refractivity contribution in [3.05, 3.63) is 29.6 Å². The Morgan fingerprint density at radius 2 is 1.82 bits per heavy atom. The highest BCUT2D eigenvalue weighted by atomic mass is 19.4. The van der Waals surface area contributed by atoms with E-state index in [1.807, 2.05) is 0 Å². The summed E-state index contributed by atoms with van der Waals surface area (Å²) in [6, 6.07) is 3.27. The van der Waals surface area contributed by atoms with Crippen LogP contribution in [0.4, 0.5) is 17.6 Å². The van der Waals surface area contributed by atoms with E-state index < -0.39 is 29.9 Å². The number of nitrogens with two attached hydrogens (primary N) is 1. The van der Waals surface area contributed by atoms with Crippen molar-refractivity contribution < 1.29 is 22.3 Å². The number of hydrogen-bond donors (Lipinski definition) is 1. The van der Waals surface area contributed by atoms with Crippen molar-refractivity contribution in [1.29, 1.82) is 0 Å². The molecule has 1 unspecified atom stereocenters. The molecule has 2 N–H and O–H groups in total. The molecule has 0 spiro atoms. The van der Waals surface area contributed by atoms with Crippen molar-refractivity contribution in [3.63, 3.8) is 0 Å². The average Bonchev–Trinajstić information content (AvgIpc) is 2.19. The highest BCUT2D eigenvalue weighted by molar-refractivity contribution is 5.30. The van der Waals surface area contributed by atoms with Gasteiger partial charge in [-0.15, -0.1) is 0 Å². The number of ether oxygens (including phenoxy) is 1. The van der Waals surface area contributed by atoms with Crippen LogP contribution in [-0.4, -0.2) is 12.3 Å². The number of rotatable bonds is 3. The van der Waals surface area contributed by atoms with Crippen molar-refractivity contribution >= 4 is 0 Å². The smallest absolute Gasteiger partial charge is 0.425 e. The summed E-state index contributed by atoms with van der Waals surface area (Å²) in [5, 5.41) is 0. The lowest BCUT2D eigenvalue weighted by atomic mass is 10.1. The van der Waals surface area contributed by atoms with Gasteiger partial charge in [0.25, 0.3) is 0 Å². The summed E-state index contributed by atoms with van der Waals surface area (Å²) >= 11 is 0. The Labute approximate surface area is 96.4 Å². The van der Waals surface area contributed by atoms with Crippen LogP contribution in [0.5, 0.6) is 5.75 Å². The van der Waals surface area contributed by atoms with Gasteiger partial charge in [-0.1, -0.05) is 6.07 Å². The molecule has 1 rings (SSSR count). The molecule has 2 atom stereocenters. The standard InChI is InChI=1S/C11H13F4NO/c1-6(16)8-3-4-10(9(12)5-8)17-7(2)11(13,14)15/h3-7H,16H2,1-2H3/t6-,7?/m0/s1. The molecule has 0 amide bonds. The van der Waals surface area contributed by atoms with Crippen LogP contribution < -0.4 is 10.5 Å². The normalized spacial score (nSPS) is 15.5. The number of alkyl halides is 3. The fourth-order valence-corrected chi connectivity index (χ4v) is 1.15. The molecular weight excluding hydrogens is 238 g/mol. The van der Waals surface area contributed by atoms with Gasteiger partial charge in [-0.05, 0) is 31.5 Å². The minimum Gasteiger partial charge on any atom is -0.478 e. The number of benzene rings is 1. The maximum absolute atomic E-state index is 13.4. The molecule has 0 bridgehead atoms. The van der Waals surface area contributed by atoms with Gasteiger partial charge in [-0.3, -0.25) is 0 Å². The Bertz CT molecular complexity index is 390. The molecule has 6 heteroatoms. The Morgan fingerprint density at radius 3 is 2.24 bits per heavy atom. The van der Waals surface area contributed by atoms with Gasteiger partial charge in [0, 0.05) is 6.04 Å². The van der Waals surface area contributed by atoms with Gasteiger partial charge in [0.2, 0.25) is 0 Å². The molecule has 0 aliphatic carbocycles. The first-order valence-corrected chi connectivity index (χ1v) is 5.00. The van der Waals surface area contributed by atoms with E-state index in [-0.39, 0.29) is 0 Å². The fraction of sp³-hybridized carbons (Fsp3) is 0.455. The Kier molecular flexibility index (Phi) is 3.98. The minimum atomic E-state index is -4.52. The second kappa shape index (κ2) is 4.91. The van der Waals surface area contributed by atoms with Gasteiger partial charge in [-0.2, -0.15) is 13.2 Å². The van der Waals surface area contributed by atoms with Crippen LogP contribution in [0, 0.1) is 5.82 Å². The van der Waals surface area contributed by atoms with Gasteiger partial charge in [0.15, 0.2) is 17.7 Å². The zero-order valence-electron chi connectivity index (χ0n) is 9.38. The van der Waals surface area contributed by atoms with Crippen LogP contribution in [0.25, 0.3) is 0 Å². The van der Waals surface area contributed by atoms with Crippen LogP contribution in [-0.2, 0) is 0 Å². The van der Waals surface area contributed by atoms with Gasteiger partial charge in [-0.25, -0.2) is 4.39 Å². The van der Waals surface area contributed by atoms with E-state index in [1.54, 1.807) is 6.92 Å². The maximum Gasteiger partial charge on any atom is 0.425 e. The van der Waals surface area contributed by atoms with Crippen LogP contribution in [0.1, 0.15) is 25.5 Å². The van der Waals surface area contributed by atoms with Gasteiger partial charge in [0.05, 0.1) is 0 Å². The molecule has 1 aromatic rings. The third-order valence-electron chi connectivity index (χ3n) is 2.25. The van der Waals surface area contributed by atoms with Gasteiger partial charge < -0.3 is 10.5 Å². The first-order valence-electron chi connectivity index (χ1n) is 5.00. The Hall–Kier alpha value is -1.30. The summed E-state index contributed by atoms with van der Waals surface area (Å²) in [4.78, 5) is 0. The van der Waals surface area contributed by atoms with E-state index in [0.717, 1.165) is 19.1 Å². The zero-order valence-corrected chi connectivity index (χ0v) is 9.38. The molecule has 1 aromatic carbocycles. The molecule has 96 valence electrons. The predicted octanol–water partition coefficient (Wildman–Crippen LogP) is 3.18. The van der Waals surface area contributed by atoms with Crippen molar-refractivity contribution in [2.75, 3.05) is 0 Å². The van der Waals surface area contributed by atoms with Crippen LogP contribution in [0.3, 0.4) is 0 Å². The largest absolute Gasteiger partial charge is 0.478 e. The van der Waals surface area contributed by atoms with Crippen LogP contribution in [0.2, 0.25) is 0 Å². The second-order valence-corrected chi connectivity index (χ2v) is 3.78. The topological polar surface area (TPSA) is 35.2 Å². The zero-order chi connectivity index (χ0) is 13.2. The van der Waals surface area contributed by atoms with E-state index in [2.05, 4.69) is 4.74 Å². The summed E-state index contributed by atoms with van der Waals surface area (Å²) in [6.07, 6.45) is -6.58. The average molecular weight is 251 g/mol. The van der Waals surface area contributed by atoms with Gasteiger partial charge in [0.1, 0.15) is 0 Å². The third-order valence-corrected chi connectivity index (χ3v) is 2.25. The summed E-state index contributed by atoms with van der Waals surface area (Å²) in [5.74, 6) is -1.28. The molecule has 0 radical (unpaired) electrons. The fourth-order valence-electron chi connectivity index (χ4n) is 1.15. The molecule has 0 aromatic heterocycles. The van der Waals surface area contributed by atoms with Crippen molar-refractivity contribution in [3.8, 4) is 5.75 Å². The van der Waals surface area contributed by atoms with Crippen molar-refractivity contribution in [1.82, 2.24) is 0 Å². The summed E-state index contributed by atoms with van der Waals surface area (Å²) in [6.45, 7) is 2.46. The monoisotopic (exact) mass is 251 g/mol. The number of halogens is 4. The lowest BCUT2D eigenvalue weighted by Crippen LogP contribution is -2.31. The Balaban J connectivity index is 2.87. The highest BCUT2D eigenvalue weighted by Crippen LogP contribution is 2.27. The first-order chi connectivity index (χ1) is 7.71. The molecule has 0 saturated heterocycles. The molecule has 17 heavy (non-hydrogen) atoms. The minimum absolute atomic E-state index is 0.390. The molecular formula is C11H13F4NO. The molecule has 0 fully saturated rings. The molecule has 0 aliphatic heterocycles. The Morgan fingerprint density at radius 1 is 1.24 bits per heavy atom. The lowest BCUT2D eigenvalue weighted by molar-refractivity contribution is -0.189. The van der Waals surface area contributed by atoms with Crippen molar-refractivity contribution in [2.24, 2.45) is 5.73 Å². The SMILES string of the molecule is CC(Oc1ccc([C@H](C)N)cc1F)C(F)(F)F. The van der Waals surface area contributed by atoms with Crippen LogP contribution >= 0.6 is 0 Å². The molecule has 0 aliphatic rings. The quantitative estimate of drug-likeness (QED) is 0.837. The van der Waals surface area contributed by atoms with E-state index in [1.165, 1.54) is 6.07 Å². The van der Waals surface area contributed by atoms with E-state index in [9.17, 15) is 17.6 Å². The molecule has 0 heterocycles. The van der Waals surface area contributed by atoms with E-state index in [4.69, 9.17) is 5.73 Å².